The van der Waals surface area contributed by atoms with Crippen LogP contribution in [0, 0.1) is 11.3 Å². The van der Waals surface area contributed by atoms with E-state index in [1.54, 1.807) is 0 Å². The van der Waals surface area contributed by atoms with Crippen LogP contribution in [0.5, 0.6) is 5.75 Å². The molecule has 0 radical (unpaired) electrons. The predicted molar refractivity (Wildman–Crippen MR) is 52.8 cm³/mol. The van der Waals surface area contributed by atoms with Crippen molar-refractivity contribution in [2.75, 3.05) is 7.11 Å². The van der Waals surface area contributed by atoms with Crippen molar-refractivity contribution >= 4 is 15.9 Å². The topological polar surface area (TPSA) is 45.9 Å². The summed E-state index contributed by atoms with van der Waals surface area (Å²) < 4.78 is 30.5. The van der Waals surface area contributed by atoms with Crippen LogP contribution < -0.4 is 4.74 Å². The highest BCUT2D eigenvalue weighted by Crippen LogP contribution is 2.34. The van der Waals surface area contributed by atoms with Gasteiger partial charge in [0.15, 0.2) is 0 Å². The monoisotopic (exact) mass is 276 g/mol. The average Bonchev–Trinajstić information content (AvgIpc) is 2.20. The first kappa shape index (κ1) is 11.9. The summed E-state index contributed by atoms with van der Waals surface area (Å²) in [5.74, 6) is -0.00144. The van der Waals surface area contributed by atoms with Crippen LogP contribution in [0.1, 0.15) is 17.6 Å². The maximum absolute atomic E-state index is 12.7. The lowest BCUT2D eigenvalue weighted by atomic mass is 10.1. The van der Waals surface area contributed by atoms with Crippen LogP contribution >= 0.6 is 15.9 Å². The third-order valence-corrected chi connectivity index (χ3v) is 2.51. The lowest BCUT2D eigenvalue weighted by Crippen LogP contribution is -2.01. The molecule has 15 heavy (non-hydrogen) atoms. The van der Waals surface area contributed by atoms with E-state index in [2.05, 4.69) is 20.9 Å². The van der Waals surface area contributed by atoms with Crippen molar-refractivity contribution in [3.8, 4) is 11.8 Å². The van der Waals surface area contributed by atoms with Crippen molar-refractivity contribution in [3.63, 3.8) is 0 Å². The van der Waals surface area contributed by atoms with Crippen LogP contribution in [0.15, 0.2) is 10.8 Å². The fourth-order valence-electron chi connectivity index (χ4n) is 1.17. The summed E-state index contributed by atoms with van der Waals surface area (Å²) >= 11 is 3.03. The highest BCUT2D eigenvalue weighted by molar-refractivity contribution is 9.10. The molecule has 0 bridgehead atoms. The van der Waals surface area contributed by atoms with E-state index < -0.39 is 6.43 Å². The zero-order chi connectivity index (χ0) is 11.4. The molecule has 0 amide bonds. The molecule has 0 aliphatic rings. The van der Waals surface area contributed by atoms with E-state index in [0.717, 1.165) is 0 Å². The minimum Gasteiger partial charge on any atom is -0.495 e. The van der Waals surface area contributed by atoms with E-state index >= 15 is 0 Å². The number of methoxy groups -OCH3 is 1. The second-order valence-electron chi connectivity index (χ2n) is 2.65. The number of ether oxygens (including phenoxy) is 1. The lowest BCUT2D eigenvalue weighted by molar-refractivity contribution is 0.145. The van der Waals surface area contributed by atoms with Crippen molar-refractivity contribution in [2.45, 2.75) is 12.8 Å². The molecule has 80 valence electrons. The number of hydrogen-bond acceptors (Lipinski definition) is 3. The minimum absolute atomic E-state index is 0.00144. The van der Waals surface area contributed by atoms with Gasteiger partial charge in [-0.1, -0.05) is 0 Å². The molecule has 0 unspecified atom stereocenters. The molecule has 0 saturated heterocycles. The molecule has 0 saturated carbocycles. The Kier molecular flexibility index (Phi) is 3.97. The predicted octanol–water partition coefficient (Wildman–Crippen LogP) is 2.86. The molecule has 1 aromatic heterocycles. The number of rotatable bonds is 3. The van der Waals surface area contributed by atoms with Gasteiger partial charge in [0.05, 0.1) is 31.4 Å². The van der Waals surface area contributed by atoms with Crippen LogP contribution in [0.3, 0.4) is 0 Å². The Morgan fingerprint density at radius 1 is 1.67 bits per heavy atom. The van der Waals surface area contributed by atoms with Crippen LogP contribution in [0.4, 0.5) is 8.78 Å². The molecule has 0 spiro atoms. The maximum atomic E-state index is 12.7. The Balaban J connectivity index is 3.38. The highest BCUT2D eigenvalue weighted by Gasteiger charge is 2.21. The maximum Gasteiger partial charge on any atom is 0.267 e. The summed E-state index contributed by atoms with van der Waals surface area (Å²) in [7, 11) is 1.28. The Hall–Kier alpha value is -1.22. The highest BCUT2D eigenvalue weighted by atomic mass is 79.9. The van der Waals surface area contributed by atoms with Crippen molar-refractivity contribution in [2.24, 2.45) is 0 Å². The standard InChI is InChI=1S/C9H7BrF2N2O/c1-15-6-4-14-8(10)5(2-3-13)7(6)9(11)12/h4,9H,2H2,1H3. The summed E-state index contributed by atoms with van der Waals surface area (Å²) in [5.41, 5.74) is -0.104. The van der Waals surface area contributed by atoms with Crippen molar-refractivity contribution in [1.82, 2.24) is 4.98 Å². The van der Waals surface area contributed by atoms with Crippen LogP contribution in [0.2, 0.25) is 0 Å². The zero-order valence-electron chi connectivity index (χ0n) is 7.80. The second kappa shape index (κ2) is 5.03. The van der Waals surface area contributed by atoms with Crippen molar-refractivity contribution in [1.29, 1.82) is 5.26 Å². The molecular formula is C9H7BrF2N2O. The number of halogens is 3. The van der Waals surface area contributed by atoms with E-state index in [1.165, 1.54) is 13.3 Å². The molecular weight excluding hydrogens is 270 g/mol. The normalized spacial score (nSPS) is 10.1. The first-order chi connectivity index (χ1) is 7.11. The average molecular weight is 277 g/mol. The second-order valence-corrected chi connectivity index (χ2v) is 3.40. The van der Waals surface area contributed by atoms with Gasteiger partial charge in [-0.2, -0.15) is 5.26 Å². The van der Waals surface area contributed by atoms with Gasteiger partial charge in [0.2, 0.25) is 0 Å². The van der Waals surface area contributed by atoms with Crippen LogP contribution in [0.25, 0.3) is 0 Å². The quantitative estimate of drug-likeness (QED) is 0.798. The summed E-state index contributed by atoms with van der Waals surface area (Å²) in [6.45, 7) is 0. The third kappa shape index (κ3) is 2.42. The molecule has 0 aliphatic carbocycles. The SMILES string of the molecule is COc1cnc(Br)c(CC#N)c1C(F)F. The van der Waals surface area contributed by atoms with Gasteiger partial charge in [-0.05, 0) is 15.9 Å². The van der Waals surface area contributed by atoms with E-state index in [4.69, 9.17) is 10.00 Å². The van der Waals surface area contributed by atoms with Gasteiger partial charge in [-0.3, -0.25) is 0 Å². The largest absolute Gasteiger partial charge is 0.495 e. The van der Waals surface area contributed by atoms with Gasteiger partial charge in [0, 0.05) is 5.56 Å². The van der Waals surface area contributed by atoms with Gasteiger partial charge < -0.3 is 4.74 Å². The number of hydrogen-bond donors (Lipinski definition) is 0. The number of alkyl halides is 2. The fourth-order valence-corrected chi connectivity index (χ4v) is 1.63. The van der Waals surface area contributed by atoms with E-state index in [9.17, 15) is 8.78 Å². The third-order valence-electron chi connectivity index (χ3n) is 1.83. The van der Waals surface area contributed by atoms with Crippen LogP contribution in [-0.2, 0) is 6.42 Å². The molecule has 1 heterocycles. The molecule has 0 aromatic carbocycles. The van der Waals surface area contributed by atoms with Gasteiger partial charge in [0.1, 0.15) is 10.4 Å². The summed E-state index contributed by atoms with van der Waals surface area (Å²) in [5, 5.41) is 8.53. The smallest absolute Gasteiger partial charge is 0.267 e. The lowest BCUT2D eigenvalue weighted by Gasteiger charge is -2.12. The first-order valence-corrected chi connectivity index (χ1v) is 4.77. The molecule has 1 rings (SSSR count). The van der Waals surface area contributed by atoms with Gasteiger partial charge >= 0.3 is 0 Å². The molecule has 0 aliphatic heterocycles. The molecule has 0 atom stereocenters. The molecule has 0 fully saturated rings. The number of nitrogens with zero attached hydrogens (tertiary/aromatic N) is 2. The fraction of sp³-hybridized carbons (Fsp3) is 0.333. The van der Waals surface area contributed by atoms with Gasteiger partial charge in [-0.25, -0.2) is 13.8 Å². The number of aromatic nitrogens is 1. The summed E-state index contributed by atoms with van der Waals surface area (Å²) in [6, 6.07) is 1.81. The minimum atomic E-state index is -2.69. The molecule has 6 heteroatoms. The Morgan fingerprint density at radius 3 is 2.80 bits per heavy atom. The van der Waals surface area contributed by atoms with Crippen molar-refractivity contribution < 1.29 is 13.5 Å². The Labute approximate surface area is 93.8 Å². The Morgan fingerprint density at radius 2 is 2.33 bits per heavy atom. The Bertz CT molecular complexity index is 404. The number of nitriles is 1. The summed E-state index contributed by atoms with van der Waals surface area (Å²) in [4.78, 5) is 3.82. The van der Waals surface area contributed by atoms with Gasteiger partial charge in [0.25, 0.3) is 6.43 Å². The van der Waals surface area contributed by atoms with E-state index in [0.29, 0.717) is 0 Å². The van der Waals surface area contributed by atoms with E-state index in [1.807, 2.05) is 6.07 Å². The van der Waals surface area contributed by atoms with Crippen molar-refractivity contribution in [3.05, 3.63) is 21.9 Å². The number of pyridine rings is 1. The molecule has 3 nitrogen and oxygen atoms in total. The zero-order valence-corrected chi connectivity index (χ0v) is 9.38. The first-order valence-electron chi connectivity index (χ1n) is 3.98. The van der Waals surface area contributed by atoms with E-state index in [-0.39, 0.29) is 27.9 Å². The molecule has 1 aromatic rings. The summed E-state index contributed by atoms with van der Waals surface area (Å²) in [6.07, 6.45) is -1.63. The van der Waals surface area contributed by atoms with Gasteiger partial charge in [-0.15, -0.1) is 0 Å². The van der Waals surface area contributed by atoms with Crippen LogP contribution in [-0.4, -0.2) is 12.1 Å². The molecule has 0 N–H and O–H groups in total.